The first-order valence-electron chi connectivity index (χ1n) is 21.4. The Labute approximate surface area is 357 Å². The molecule has 1 amide bonds. The Bertz CT molecular complexity index is 2890. The molecule has 6 aromatic rings. The van der Waals surface area contributed by atoms with Crippen molar-refractivity contribution in [1.29, 1.82) is 5.41 Å². The second-order valence-corrected chi connectivity index (χ2v) is 17.0. The van der Waals surface area contributed by atoms with Crippen molar-refractivity contribution >= 4 is 45.4 Å². The maximum atomic E-state index is 13.7. The molecule has 0 saturated carbocycles. The van der Waals surface area contributed by atoms with Gasteiger partial charge in [0.2, 0.25) is 0 Å². The van der Waals surface area contributed by atoms with Crippen LogP contribution in [0.5, 0.6) is 17.2 Å². The monoisotopic (exact) mass is 838 g/mol. The molecule has 3 aromatic carbocycles. The van der Waals surface area contributed by atoms with Crippen molar-refractivity contribution in [3.63, 3.8) is 0 Å². The van der Waals surface area contributed by atoms with Crippen LogP contribution in [0.1, 0.15) is 92.7 Å². The van der Waals surface area contributed by atoms with Gasteiger partial charge in [0.25, 0.3) is 5.56 Å². The number of hydrogen-bond donors (Lipinski definition) is 5. The number of ether oxygens (including phenoxy) is 2. The van der Waals surface area contributed by atoms with Gasteiger partial charge in [-0.15, -0.1) is 0 Å². The first-order chi connectivity index (χ1) is 29.8. The van der Waals surface area contributed by atoms with Crippen molar-refractivity contribution in [3.8, 4) is 28.6 Å². The third-order valence-electron chi connectivity index (χ3n) is 13.1. The lowest BCUT2D eigenvalue weighted by Gasteiger charge is -2.31. The van der Waals surface area contributed by atoms with E-state index in [0.29, 0.717) is 65.8 Å². The Balaban J connectivity index is 0.825. The van der Waals surface area contributed by atoms with Crippen LogP contribution in [0.2, 0.25) is 0 Å². The van der Waals surface area contributed by atoms with Crippen LogP contribution < -0.4 is 15.6 Å². The molecule has 9 rings (SSSR count). The molecule has 3 aliphatic rings. The fourth-order valence-corrected chi connectivity index (χ4v) is 9.44. The molecule has 0 aliphatic carbocycles. The summed E-state index contributed by atoms with van der Waals surface area (Å²) in [5.41, 5.74) is 4.88. The highest BCUT2D eigenvalue weighted by molar-refractivity contribution is 6.09. The first-order valence-corrected chi connectivity index (χ1v) is 21.4. The number of pyridine rings is 2. The van der Waals surface area contributed by atoms with Gasteiger partial charge in [0.05, 0.1) is 34.6 Å². The Morgan fingerprint density at radius 2 is 1.81 bits per heavy atom. The number of amides is 1. The number of carbonyl (C=O) groups excluding carboxylic acids is 2. The number of fused-ring (bicyclic) bond motifs is 6. The van der Waals surface area contributed by atoms with Crippen molar-refractivity contribution in [2.24, 2.45) is 5.92 Å². The second kappa shape index (κ2) is 15.7. The smallest absolute Gasteiger partial charge is 0.415 e. The zero-order valence-corrected chi connectivity index (χ0v) is 35.2. The highest BCUT2D eigenvalue weighted by Crippen LogP contribution is 2.41. The number of aliphatic hydroxyl groups is 1. The molecule has 1 atom stereocenters. The number of hydrogen-bond acceptors (Lipinski definition) is 10. The summed E-state index contributed by atoms with van der Waals surface area (Å²) >= 11 is 0. The molecule has 62 heavy (non-hydrogen) atoms. The number of piperidine rings is 1. The molecule has 0 radical (unpaired) electrons. The van der Waals surface area contributed by atoms with E-state index in [4.69, 9.17) is 19.9 Å². The van der Waals surface area contributed by atoms with Gasteiger partial charge in [-0.3, -0.25) is 10.2 Å². The lowest BCUT2D eigenvalue weighted by atomic mass is 9.86. The number of benzene rings is 3. The average molecular weight is 839 g/mol. The normalized spacial score (nSPS) is 17.3. The van der Waals surface area contributed by atoms with E-state index in [1.807, 2.05) is 51.1 Å². The summed E-state index contributed by atoms with van der Waals surface area (Å²) in [5, 5.41) is 45.5. The molecule has 3 aromatic heterocycles. The van der Waals surface area contributed by atoms with E-state index in [2.05, 4.69) is 22.1 Å². The maximum Gasteiger partial charge on any atom is 0.415 e. The summed E-state index contributed by atoms with van der Waals surface area (Å²) in [5.74, 6) is 0.0260. The number of nitrogens with zero attached hydrogens (tertiary/aromatic N) is 4. The van der Waals surface area contributed by atoms with E-state index in [9.17, 15) is 29.7 Å². The molecule has 0 bridgehead atoms. The molecular weight excluding hydrogens is 789 g/mol. The van der Waals surface area contributed by atoms with Gasteiger partial charge < -0.3 is 44.1 Å². The van der Waals surface area contributed by atoms with E-state index in [1.54, 1.807) is 34.6 Å². The Morgan fingerprint density at radius 1 is 1.02 bits per heavy atom. The largest absolute Gasteiger partial charge is 0.508 e. The zero-order chi connectivity index (χ0) is 43.6. The number of anilines is 1. The van der Waals surface area contributed by atoms with Gasteiger partial charge in [0.1, 0.15) is 29.7 Å². The molecule has 1 saturated heterocycles. The molecule has 1 fully saturated rings. The van der Waals surface area contributed by atoms with Gasteiger partial charge in [0, 0.05) is 65.0 Å². The van der Waals surface area contributed by atoms with Gasteiger partial charge in [-0.2, -0.15) is 0 Å². The number of cyclic esters (lactones) is 1. The van der Waals surface area contributed by atoms with Crippen LogP contribution >= 0.6 is 0 Å². The minimum atomic E-state index is -1.90. The van der Waals surface area contributed by atoms with E-state index >= 15 is 0 Å². The Hall–Kier alpha value is -6.67. The van der Waals surface area contributed by atoms with Gasteiger partial charge in [-0.05, 0) is 110 Å². The second-order valence-electron chi connectivity index (χ2n) is 17.0. The molecule has 320 valence electrons. The SMILES string of the molecule is CCc1c2c(nc3ccc(OC(=O)N4CCC(CCn5ccc6cc(NC(=N)c7cc(C(C)C)c(O)cc7O)ccc65)CC4)cc13)-c1cc3c(c(=O)n1C2)COC(=O)C3(O)CC. The Kier molecular flexibility index (Phi) is 10.3. The minimum Gasteiger partial charge on any atom is -0.508 e. The number of likely N-dealkylation sites (tertiary alicyclic amines) is 1. The van der Waals surface area contributed by atoms with E-state index in [0.717, 1.165) is 58.9 Å². The number of amidine groups is 1. The fraction of sp³-hybridized carbons (Fsp3) is 0.354. The third-order valence-corrected chi connectivity index (χ3v) is 13.1. The van der Waals surface area contributed by atoms with Gasteiger partial charge in [0.15, 0.2) is 5.60 Å². The number of phenolic OH excluding ortho intramolecular Hbond substituents is 2. The number of aromatic hydroxyl groups is 2. The first kappa shape index (κ1) is 40.7. The number of aryl methyl sites for hydroxylation is 2. The van der Waals surface area contributed by atoms with Crippen molar-refractivity contribution in [2.45, 2.75) is 91.0 Å². The van der Waals surface area contributed by atoms with Crippen LogP contribution in [0.4, 0.5) is 10.5 Å². The fourth-order valence-electron chi connectivity index (χ4n) is 9.44. The minimum absolute atomic E-state index is 0.00989. The summed E-state index contributed by atoms with van der Waals surface area (Å²) in [6, 6.07) is 18.0. The van der Waals surface area contributed by atoms with Crippen LogP contribution in [0.3, 0.4) is 0 Å². The predicted octanol–water partition coefficient (Wildman–Crippen LogP) is 7.87. The number of nitrogens with one attached hydrogen (secondary N) is 2. The molecule has 1 unspecified atom stereocenters. The summed E-state index contributed by atoms with van der Waals surface area (Å²) in [6.45, 7) is 9.73. The van der Waals surface area contributed by atoms with Crippen LogP contribution in [-0.2, 0) is 41.2 Å². The number of rotatable bonds is 9. The Morgan fingerprint density at radius 3 is 2.55 bits per heavy atom. The predicted molar refractivity (Wildman–Crippen MR) is 235 cm³/mol. The van der Waals surface area contributed by atoms with Crippen molar-refractivity contribution in [2.75, 3.05) is 18.4 Å². The van der Waals surface area contributed by atoms with Crippen LogP contribution in [-0.4, -0.2) is 65.3 Å². The van der Waals surface area contributed by atoms with Crippen LogP contribution in [0.15, 0.2) is 71.7 Å². The number of aromatic nitrogens is 3. The summed E-state index contributed by atoms with van der Waals surface area (Å²) in [7, 11) is 0. The van der Waals surface area contributed by atoms with E-state index < -0.39 is 17.7 Å². The topological polar surface area (TPSA) is 192 Å². The third kappa shape index (κ3) is 6.91. The standard InChI is InChI=1S/C48H50N6O8/c1-5-31-33-20-30(8-9-38(33)51-43-35(31)24-54-40(43)22-37-36(45(54)57)25-61-46(58)48(37,60)6-2)62-47(59)53-16-12-27(13-17-53)11-15-52-18-14-28-19-29(7-10-39(28)52)50-44(49)34-21-32(26(3)4)41(55)23-42(34)56/h7-10,14,18-23,26-27,55-56,60H,5-6,11-13,15-17,24-25H2,1-4H3,(H2,49,50). The summed E-state index contributed by atoms with van der Waals surface area (Å²) in [6.07, 6.45) is 5.07. The van der Waals surface area contributed by atoms with E-state index in [1.165, 1.54) is 6.07 Å². The van der Waals surface area contributed by atoms with Crippen molar-refractivity contribution < 1.29 is 34.4 Å². The summed E-state index contributed by atoms with van der Waals surface area (Å²) < 4.78 is 15.0. The highest BCUT2D eigenvalue weighted by Gasteiger charge is 2.45. The molecule has 3 aliphatic heterocycles. The van der Waals surface area contributed by atoms with Gasteiger partial charge in [-0.25, -0.2) is 14.6 Å². The molecule has 14 nitrogen and oxygen atoms in total. The molecular formula is C48H50N6O8. The van der Waals surface area contributed by atoms with Crippen molar-refractivity contribution in [1.82, 2.24) is 19.0 Å². The van der Waals surface area contributed by atoms with Crippen LogP contribution in [0.25, 0.3) is 33.2 Å². The molecule has 0 spiro atoms. The highest BCUT2D eigenvalue weighted by atomic mass is 16.6. The van der Waals surface area contributed by atoms with Gasteiger partial charge in [-0.1, -0.05) is 27.7 Å². The summed E-state index contributed by atoms with van der Waals surface area (Å²) in [4.78, 5) is 46.5. The average Bonchev–Trinajstić information content (AvgIpc) is 3.84. The van der Waals surface area contributed by atoms with Crippen LogP contribution in [0, 0.1) is 11.3 Å². The number of phenols is 2. The quantitative estimate of drug-likeness (QED) is 0.0543. The lowest BCUT2D eigenvalue weighted by Crippen LogP contribution is -2.44. The maximum absolute atomic E-state index is 13.7. The number of carbonyl (C=O) groups is 2. The van der Waals surface area contributed by atoms with Crippen molar-refractivity contribution in [3.05, 3.63) is 111 Å². The van der Waals surface area contributed by atoms with E-state index in [-0.39, 0.29) is 53.0 Å². The zero-order valence-electron chi connectivity index (χ0n) is 35.2. The molecule has 6 heterocycles. The molecule has 5 N–H and O–H groups in total. The van der Waals surface area contributed by atoms with Gasteiger partial charge >= 0.3 is 12.1 Å². The molecule has 14 heteroatoms. The number of esters is 1. The lowest BCUT2D eigenvalue weighted by molar-refractivity contribution is -0.172.